The molecule has 0 saturated heterocycles. The van der Waals surface area contributed by atoms with Crippen molar-refractivity contribution in [1.82, 2.24) is 4.90 Å². The van der Waals surface area contributed by atoms with Crippen molar-refractivity contribution >= 4 is 11.7 Å². The average Bonchev–Trinajstić information content (AvgIpc) is 3.22. The minimum atomic E-state index is -1.24. The highest BCUT2D eigenvalue weighted by Gasteiger charge is 2.27. The predicted molar refractivity (Wildman–Crippen MR) is 78.3 cm³/mol. The van der Waals surface area contributed by atoms with Crippen LogP contribution >= 0.6 is 0 Å². The van der Waals surface area contributed by atoms with E-state index in [1.165, 1.54) is 18.9 Å². The molecule has 1 aromatic rings. The van der Waals surface area contributed by atoms with Gasteiger partial charge in [0, 0.05) is 19.2 Å². The predicted octanol–water partition coefficient (Wildman–Crippen LogP) is 2.92. The van der Waals surface area contributed by atoms with E-state index in [9.17, 15) is 20.0 Å². The minimum absolute atomic E-state index is 0.181. The lowest BCUT2D eigenvalue weighted by Gasteiger charge is -2.22. The first-order valence-electron chi connectivity index (χ1n) is 7.24. The largest absolute Gasteiger partial charge is 0.477 e. The van der Waals surface area contributed by atoms with Crippen molar-refractivity contribution in [2.75, 3.05) is 13.1 Å². The molecule has 0 atom stereocenters. The van der Waals surface area contributed by atoms with Gasteiger partial charge < -0.3 is 5.11 Å². The molecule has 6 nitrogen and oxygen atoms in total. The number of aromatic carboxylic acids is 1. The number of hydrogen-bond acceptors (Lipinski definition) is 4. The number of carbonyl (C=O) groups is 1. The van der Waals surface area contributed by atoms with E-state index in [0.717, 1.165) is 19.5 Å². The van der Waals surface area contributed by atoms with Crippen LogP contribution in [-0.4, -0.2) is 34.0 Å². The molecule has 21 heavy (non-hydrogen) atoms. The number of benzene rings is 1. The molecule has 0 amide bonds. The number of nitrogens with zero attached hydrogens (tertiary/aromatic N) is 2. The molecule has 0 aromatic heterocycles. The van der Waals surface area contributed by atoms with E-state index >= 15 is 0 Å². The van der Waals surface area contributed by atoms with Gasteiger partial charge in [-0.05, 0) is 37.3 Å². The second-order valence-corrected chi connectivity index (χ2v) is 5.55. The summed E-state index contributed by atoms with van der Waals surface area (Å²) in [6.07, 6.45) is 3.42. The number of carboxylic acid groups (broad SMARTS) is 1. The Morgan fingerprint density at radius 2 is 2.19 bits per heavy atom. The summed E-state index contributed by atoms with van der Waals surface area (Å²) in [6, 6.07) is 4.48. The Morgan fingerprint density at radius 1 is 1.48 bits per heavy atom. The third-order valence-electron chi connectivity index (χ3n) is 3.69. The second kappa shape index (κ2) is 6.67. The summed E-state index contributed by atoms with van der Waals surface area (Å²) in [5.74, 6) is -0.538. The van der Waals surface area contributed by atoms with Crippen LogP contribution in [0, 0.1) is 16.0 Å². The van der Waals surface area contributed by atoms with Gasteiger partial charge in [-0.2, -0.15) is 0 Å². The lowest BCUT2D eigenvalue weighted by Crippen LogP contribution is -2.27. The van der Waals surface area contributed by atoms with E-state index in [1.54, 1.807) is 12.1 Å². The first kappa shape index (κ1) is 15.4. The SMILES string of the molecule is CCCN(Cc1cccc([N+](=O)[O-])c1C(=O)O)CC1CC1. The fourth-order valence-corrected chi connectivity index (χ4v) is 2.57. The molecule has 0 radical (unpaired) electrons. The minimum Gasteiger partial charge on any atom is -0.477 e. The Bertz CT molecular complexity index is 540. The van der Waals surface area contributed by atoms with Gasteiger partial charge in [0.1, 0.15) is 5.56 Å². The van der Waals surface area contributed by atoms with Crippen LogP contribution in [0.4, 0.5) is 5.69 Å². The van der Waals surface area contributed by atoms with Crippen LogP contribution in [0.5, 0.6) is 0 Å². The zero-order chi connectivity index (χ0) is 15.4. The molecule has 0 spiro atoms. The first-order chi connectivity index (χ1) is 10.0. The average molecular weight is 292 g/mol. The molecule has 2 rings (SSSR count). The number of hydrogen-bond donors (Lipinski definition) is 1. The van der Waals surface area contributed by atoms with Crippen LogP contribution in [0.1, 0.15) is 42.1 Å². The molecule has 1 aliphatic rings. The van der Waals surface area contributed by atoms with E-state index in [-0.39, 0.29) is 11.3 Å². The lowest BCUT2D eigenvalue weighted by atomic mass is 10.0. The topological polar surface area (TPSA) is 83.7 Å². The van der Waals surface area contributed by atoms with Crippen LogP contribution in [0.2, 0.25) is 0 Å². The maximum atomic E-state index is 11.4. The summed E-state index contributed by atoms with van der Waals surface area (Å²) in [6.45, 7) is 4.34. The van der Waals surface area contributed by atoms with Gasteiger partial charge in [0.05, 0.1) is 4.92 Å². The number of nitro groups is 1. The van der Waals surface area contributed by atoms with Gasteiger partial charge in [0.25, 0.3) is 5.69 Å². The highest BCUT2D eigenvalue weighted by molar-refractivity contribution is 5.94. The van der Waals surface area contributed by atoms with Crippen molar-refractivity contribution in [3.63, 3.8) is 0 Å². The Labute approximate surface area is 123 Å². The monoisotopic (exact) mass is 292 g/mol. The van der Waals surface area contributed by atoms with E-state index < -0.39 is 10.9 Å². The first-order valence-corrected chi connectivity index (χ1v) is 7.24. The van der Waals surface area contributed by atoms with Gasteiger partial charge in [-0.1, -0.05) is 19.1 Å². The Balaban J connectivity index is 2.26. The van der Waals surface area contributed by atoms with E-state index in [2.05, 4.69) is 11.8 Å². The van der Waals surface area contributed by atoms with Crippen molar-refractivity contribution in [1.29, 1.82) is 0 Å². The zero-order valence-electron chi connectivity index (χ0n) is 12.1. The molecular formula is C15H20N2O4. The zero-order valence-corrected chi connectivity index (χ0v) is 12.1. The molecular weight excluding hydrogens is 272 g/mol. The third kappa shape index (κ3) is 4.01. The van der Waals surface area contributed by atoms with Crippen molar-refractivity contribution in [3.8, 4) is 0 Å². The summed E-state index contributed by atoms with van der Waals surface area (Å²) in [4.78, 5) is 24.0. The lowest BCUT2D eigenvalue weighted by molar-refractivity contribution is -0.385. The van der Waals surface area contributed by atoms with Crippen LogP contribution in [0.15, 0.2) is 18.2 Å². The molecule has 0 unspecified atom stereocenters. The highest BCUT2D eigenvalue weighted by atomic mass is 16.6. The second-order valence-electron chi connectivity index (χ2n) is 5.55. The summed E-state index contributed by atoms with van der Waals surface area (Å²) in [7, 11) is 0. The molecule has 114 valence electrons. The van der Waals surface area contributed by atoms with E-state index in [0.29, 0.717) is 18.0 Å². The van der Waals surface area contributed by atoms with Gasteiger partial charge in [-0.3, -0.25) is 15.0 Å². The molecule has 0 heterocycles. The highest BCUT2D eigenvalue weighted by Crippen LogP contribution is 2.31. The number of carboxylic acids is 1. The smallest absolute Gasteiger partial charge is 0.343 e. The molecule has 1 fully saturated rings. The molecule has 1 N–H and O–H groups in total. The normalized spacial score (nSPS) is 14.4. The number of nitro benzene ring substituents is 1. The van der Waals surface area contributed by atoms with Crippen molar-refractivity contribution in [2.45, 2.75) is 32.7 Å². The summed E-state index contributed by atoms with van der Waals surface area (Å²) in [5.41, 5.74) is 0.00747. The van der Waals surface area contributed by atoms with Crippen LogP contribution in [0.25, 0.3) is 0 Å². The summed E-state index contributed by atoms with van der Waals surface area (Å²) >= 11 is 0. The standard InChI is InChI=1S/C15H20N2O4/c1-2-8-16(9-11-6-7-11)10-12-4-3-5-13(17(20)21)14(12)15(18)19/h3-5,11H,2,6-10H2,1H3,(H,18,19). The molecule has 6 heteroatoms. The fraction of sp³-hybridized carbons (Fsp3) is 0.533. The molecule has 1 saturated carbocycles. The third-order valence-corrected chi connectivity index (χ3v) is 3.69. The van der Waals surface area contributed by atoms with Crippen LogP contribution < -0.4 is 0 Å². The van der Waals surface area contributed by atoms with Gasteiger partial charge >= 0.3 is 5.97 Å². The van der Waals surface area contributed by atoms with E-state index in [4.69, 9.17) is 0 Å². The summed E-state index contributed by atoms with van der Waals surface area (Å²) in [5, 5.41) is 20.3. The maximum absolute atomic E-state index is 11.4. The van der Waals surface area contributed by atoms with Gasteiger partial charge in [-0.15, -0.1) is 0 Å². The van der Waals surface area contributed by atoms with Gasteiger partial charge in [0.15, 0.2) is 0 Å². The van der Waals surface area contributed by atoms with Gasteiger partial charge in [0.2, 0.25) is 0 Å². The quantitative estimate of drug-likeness (QED) is 0.588. The maximum Gasteiger partial charge on any atom is 0.343 e. The van der Waals surface area contributed by atoms with E-state index in [1.807, 2.05) is 0 Å². The van der Waals surface area contributed by atoms with Crippen LogP contribution in [0.3, 0.4) is 0 Å². The molecule has 1 aromatic carbocycles. The molecule has 1 aliphatic carbocycles. The van der Waals surface area contributed by atoms with Crippen LogP contribution in [-0.2, 0) is 6.54 Å². The fourth-order valence-electron chi connectivity index (χ4n) is 2.57. The van der Waals surface area contributed by atoms with Crippen molar-refractivity contribution < 1.29 is 14.8 Å². The summed E-state index contributed by atoms with van der Waals surface area (Å²) < 4.78 is 0. The van der Waals surface area contributed by atoms with Crippen molar-refractivity contribution in [3.05, 3.63) is 39.4 Å². The van der Waals surface area contributed by atoms with Gasteiger partial charge in [-0.25, -0.2) is 4.79 Å². The molecule has 0 bridgehead atoms. The Hall–Kier alpha value is -1.95. The Morgan fingerprint density at radius 3 is 2.71 bits per heavy atom. The number of rotatable bonds is 8. The molecule has 0 aliphatic heterocycles. The Kier molecular flexibility index (Phi) is 4.90. The van der Waals surface area contributed by atoms with Crippen molar-refractivity contribution in [2.24, 2.45) is 5.92 Å².